The van der Waals surface area contributed by atoms with Gasteiger partial charge in [0.15, 0.2) is 15.8 Å². The van der Waals surface area contributed by atoms with Crippen molar-refractivity contribution in [2.75, 3.05) is 6.26 Å². The Labute approximate surface area is 142 Å². The van der Waals surface area contributed by atoms with Crippen LogP contribution in [0.4, 0.5) is 8.78 Å². The number of aryl methyl sites for hydroxylation is 1. The van der Waals surface area contributed by atoms with Gasteiger partial charge in [-0.2, -0.15) is 4.99 Å². The summed E-state index contributed by atoms with van der Waals surface area (Å²) in [6.07, 6.45) is 0.597. The zero-order valence-corrected chi connectivity index (χ0v) is 14.1. The topological polar surface area (TPSA) is 133 Å². The Kier molecular flexibility index (Phi) is 4.88. The van der Waals surface area contributed by atoms with Gasteiger partial charge in [0, 0.05) is 18.0 Å². The molecule has 0 saturated carbocycles. The van der Waals surface area contributed by atoms with Gasteiger partial charge in [0.25, 0.3) is 12.3 Å². The number of hydrogen-bond donors (Lipinski definition) is 2. The first-order valence-electron chi connectivity index (χ1n) is 6.81. The number of hydrogen-bond acceptors (Lipinski definition) is 4. The molecule has 2 rings (SSSR count). The number of amides is 1. The zero-order chi connectivity index (χ0) is 18.9. The maximum atomic E-state index is 13.4. The molecule has 4 N–H and O–H groups in total. The Balaban J connectivity index is 2.84. The molecule has 0 fully saturated rings. The van der Waals surface area contributed by atoms with Gasteiger partial charge >= 0.3 is 0 Å². The third-order valence-electron chi connectivity index (χ3n) is 3.22. The lowest BCUT2D eigenvalue weighted by Crippen LogP contribution is -2.24. The Hall–Kier alpha value is -2.82. The molecule has 1 aromatic heterocycles. The largest absolute Gasteiger partial charge is 0.370 e. The molecule has 1 heterocycles. The Bertz CT molecular complexity index is 963. The molecule has 1 aromatic carbocycles. The summed E-state index contributed by atoms with van der Waals surface area (Å²) in [6, 6.07) is 1.76. The summed E-state index contributed by atoms with van der Waals surface area (Å²) in [5.74, 6) is -1.78. The first-order chi connectivity index (χ1) is 11.5. The van der Waals surface area contributed by atoms with Crippen LogP contribution in [0.15, 0.2) is 34.5 Å². The number of halogens is 2. The van der Waals surface area contributed by atoms with E-state index in [0.717, 1.165) is 18.4 Å². The van der Waals surface area contributed by atoms with Gasteiger partial charge in [0.2, 0.25) is 0 Å². The maximum absolute atomic E-state index is 13.4. The fourth-order valence-electron chi connectivity index (χ4n) is 2.18. The molecule has 134 valence electrons. The van der Waals surface area contributed by atoms with Crippen molar-refractivity contribution in [3.63, 3.8) is 0 Å². The quantitative estimate of drug-likeness (QED) is 0.607. The Morgan fingerprint density at radius 1 is 1.32 bits per heavy atom. The zero-order valence-electron chi connectivity index (χ0n) is 13.3. The number of alkyl halides is 2. The molecule has 0 unspecified atom stereocenters. The van der Waals surface area contributed by atoms with Crippen LogP contribution in [0.2, 0.25) is 0 Å². The summed E-state index contributed by atoms with van der Waals surface area (Å²) in [6.45, 7) is 1.65. The number of benzene rings is 1. The van der Waals surface area contributed by atoms with Gasteiger partial charge in [0.1, 0.15) is 0 Å². The summed E-state index contributed by atoms with van der Waals surface area (Å²) in [5.41, 5.74) is 9.40. The van der Waals surface area contributed by atoms with Crippen LogP contribution in [-0.4, -0.2) is 36.1 Å². The van der Waals surface area contributed by atoms with E-state index in [9.17, 15) is 22.0 Å². The van der Waals surface area contributed by atoms with Gasteiger partial charge in [-0.25, -0.2) is 22.2 Å². The van der Waals surface area contributed by atoms with Crippen LogP contribution < -0.4 is 11.5 Å². The lowest BCUT2D eigenvalue weighted by atomic mass is 10.1. The van der Waals surface area contributed by atoms with Crippen LogP contribution in [0.3, 0.4) is 0 Å². The predicted molar refractivity (Wildman–Crippen MR) is 86.5 cm³/mol. The van der Waals surface area contributed by atoms with Gasteiger partial charge in [-0.15, -0.1) is 0 Å². The highest BCUT2D eigenvalue weighted by atomic mass is 32.2. The van der Waals surface area contributed by atoms with Crippen LogP contribution in [0.25, 0.3) is 5.69 Å². The Morgan fingerprint density at radius 2 is 1.96 bits per heavy atom. The molecule has 8 nitrogen and oxygen atoms in total. The molecule has 0 aliphatic heterocycles. The molecular weight excluding hydrogens is 356 g/mol. The van der Waals surface area contributed by atoms with Crippen molar-refractivity contribution >= 4 is 21.7 Å². The number of aliphatic imine (C=N–C) groups is 1. The molecule has 1 amide bonds. The second kappa shape index (κ2) is 6.59. The molecule has 0 atom stereocenters. The summed E-state index contributed by atoms with van der Waals surface area (Å²) in [5, 5.41) is 0. The van der Waals surface area contributed by atoms with Crippen molar-refractivity contribution in [3.8, 4) is 5.69 Å². The van der Waals surface area contributed by atoms with Crippen molar-refractivity contribution in [2.24, 2.45) is 16.5 Å². The Morgan fingerprint density at radius 3 is 2.40 bits per heavy atom. The fraction of sp³-hybridized carbons (Fsp3) is 0.214. The predicted octanol–water partition coefficient (Wildman–Crippen LogP) is 0.935. The number of carbonyl (C=O) groups is 1. The monoisotopic (exact) mass is 371 g/mol. The molecule has 0 spiro atoms. The second-order valence-electron chi connectivity index (χ2n) is 5.24. The fourth-order valence-corrected chi connectivity index (χ4v) is 3.06. The molecule has 0 bridgehead atoms. The first kappa shape index (κ1) is 18.5. The smallest absolute Gasteiger partial charge is 0.280 e. The molecule has 0 radical (unpaired) electrons. The first-order valence-corrected chi connectivity index (χ1v) is 8.71. The molecule has 0 aliphatic rings. The number of nitrogens with two attached hydrogens (primary N) is 2. The molecule has 2 aromatic rings. The van der Waals surface area contributed by atoms with Crippen molar-refractivity contribution in [2.45, 2.75) is 18.2 Å². The van der Waals surface area contributed by atoms with Crippen molar-refractivity contribution in [3.05, 3.63) is 41.5 Å². The summed E-state index contributed by atoms with van der Waals surface area (Å²) < 4.78 is 52.3. The maximum Gasteiger partial charge on any atom is 0.280 e. The molecular formula is C14H15F2N5O3S. The molecule has 25 heavy (non-hydrogen) atoms. The minimum atomic E-state index is -3.86. The summed E-state index contributed by atoms with van der Waals surface area (Å²) in [4.78, 5) is 18.8. The SMILES string of the molecule is Cc1cn(-c2cc(C(F)F)c(C(=O)N=C(N)N)cc2S(C)(=O)=O)cn1. The summed E-state index contributed by atoms with van der Waals surface area (Å²) >= 11 is 0. The molecule has 11 heteroatoms. The minimum Gasteiger partial charge on any atom is -0.370 e. The average molecular weight is 371 g/mol. The number of sulfone groups is 1. The van der Waals surface area contributed by atoms with Gasteiger partial charge in [-0.1, -0.05) is 0 Å². The van der Waals surface area contributed by atoms with E-state index in [1.165, 1.54) is 17.1 Å². The number of carbonyl (C=O) groups excluding carboxylic acids is 1. The van der Waals surface area contributed by atoms with Crippen LogP contribution in [-0.2, 0) is 9.84 Å². The number of nitrogens with zero attached hydrogens (tertiary/aromatic N) is 3. The summed E-state index contributed by atoms with van der Waals surface area (Å²) in [7, 11) is -3.86. The van der Waals surface area contributed by atoms with Gasteiger partial charge in [-0.3, -0.25) is 4.79 Å². The number of guanidine groups is 1. The highest BCUT2D eigenvalue weighted by Gasteiger charge is 2.25. The van der Waals surface area contributed by atoms with E-state index in [0.29, 0.717) is 5.69 Å². The number of imidazole rings is 1. The third-order valence-corrected chi connectivity index (χ3v) is 4.34. The number of rotatable bonds is 4. The lowest BCUT2D eigenvalue weighted by molar-refractivity contribution is 0.0988. The number of aromatic nitrogens is 2. The van der Waals surface area contributed by atoms with Gasteiger partial charge < -0.3 is 16.0 Å². The van der Waals surface area contributed by atoms with Crippen LogP contribution in [0.5, 0.6) is 0 Å². The minimum absolute atomic E-state index is 0.0559. The van der Waals surface area contributed by atoms with Gasteiger partial charge in [-0.05, 0) is 19.1 Å². The highest BCUT2D eigenvalue weighted by Crippen LogP contribution is 2.31. The van der Waals surface area contributed by atoms with E-state index in [-0.39, 0.29) is 10.6 Å². The van der Waals surface area contributed by atoms with Crippen LogP contribution in [0.1, 0.15) is 28.0 Å². The van der Waals surface area contributed by atoms with Crippen molar-refractivity contribution < 1.29 is 22.0 Å². The second-order valence-corrected chi connectivity index (χ2v) is 7.23. The van der Waals surface area contributed by atoms with E-state index in [1.807, 2.05) is 0 Å². The van der Waals surface area contributed by atoms with E-state index in [1.54, 1.807) is 6.92 Å². The lowest BCUT2D eigenvalue weighted by Gasteiger charge is -2.14. The highest BCUT2D eigenvalue weighted by molar-refractivity contribution is 7.90. The van der Waals surface area contributed by atoms with Gasteiger partial charge in [0.05, 0.1) is 28.2 Å². The standard InChI is InChI=1S/C14H15F2N5O3S/c1-7-5-21(6-19-7)10-3-8(12(15)16)9(13(22)20-14(17)18)4-11(10)25(2,23)24/h3-6,12H,1-2H3,(H4,17,18,20,22). The average Bonchev–Trinajstić information content (AvgIpc) is 2.90. The van der Waals surface area contributed by atoms with Crippen molar-refractivity contribution in [1.29, 1.82) is 0 Å². The van der Waals surface area contributed by atoms with E-state index < -0.39 is 39.3 Å². The third kappa shape index (κ3) is 3.99. The van der Waals surface area contributed by atoms with Crippen molar-refractivity contribution in [1.82, 2.24) is 9.55 Å². The normalized spacial score (nSPS) is 11.6. The van der Waals surface area contributed by atoms with E-state index in [4.69, 9.17) is 11.5 Å². The van der Waals surface area contributed by atoms with Crippen LogP contribution >= 0.6 is 0 Å². The van der Waals surface area contributed by atoms with E-state index in [2.05, 4.69) is 9.98 Å². The molecule has 0 saturated heterocycles. The van der Waals surface area contributed by atoms with Crippen LogP contribution in [0, 0.1) is 6.92 Å². The molecule has 0 aliphatic carbocycles. The van der Waals surface area contributed by atoms with E-state index >= 15 is 0 Å².